The molecule has 0 unspecified atom stereocenters. The Bertz CT molecular complexity index is 667. The maximum atomic E-state index is 11.8. The molecule has 0 spiro atoms. The summed E-state index contributed by atoms with van der Waals surface area (Å²) in [4.78, 5) is 11.8. The van der Waals surface area contributed by atoms with Crippen LogP contribution in [0.5, 0.6) is 5.75 Å². The fourth-order valence-electron chi connectivity index (χ4n) is 2.01. The quantitative estimate of drug-likeness (QED) is 0.631. The lowest BCUT2D eigenvalue weighted by atomic mass is 9.98. The Labute approximate surface area is 118 Å². The number of ether oxygens (including phenoxy) is 2. The van der Waals surface area contributed by atoms with Crippen LogP contribution in [0.3, 0.4) is 0 Å². The van der Waals surface area contributed by atoms with Gasteiger partial charge in [-0.15, -0.1) is 6.42 Å². The number of methoxy groups -OCH3 is 1. The molecule has 0 aliphatic heterocycles. The predicted molar refractivity (Wildman–Crippen MR) is 78.7 cm³/mol. The SMILES string of the molecule is C#CCOC(=O)[C@@H](C)c1ccc2cc(OC)ccc2c1. The van der Waals surface area contributed by atoms with Crippen molar-refractivity contribution in [1.29, 1.82) is 0 Å². The average Bonchev–Trinajstić information content (AvgIpc) is 2.50. The summed E-state index contributed by atoms with van der Waals surface area (Å²) in [6.07, 6.45) is 5.08. The van der Waals surface area contributed by atoms with Crippen LogP contribution in [0.4, 0.5) is 0 Å². The van der Waals surface area contributed by atoms with Crippen LogP contribution >= 0.6 is 0 Å². The van der Waals surface area contributed by atoms with Crippen LogP contribution < -0.4 is 4.74 Å². The van der Waals surface area contributed by atoms with Gasteiger partial charge in [0, 0.05) is 0 Å². The van der Waals surface area contributed by atoms with Crippen LogP contribution in [0.2, 0.25) is 0 Å². The first-order valence-corrected chi connectivity index (χ1v) is 6.33. The molecule has 0 amide bonds. The number of rotatable bonds is 4. The van der Waals surface area contributed by atoms with Crippen molar-refractivity contribution in [3.63, 3.8) is 0 Å². The highest BCUT2D eigenvalue weighted by Crippen LogP contribution is 2.25. The molecule has 0 heterocycles. The minimum atomic E-state index is -0.338. The second kappa shape index (κ2) is 6.12. The van der Waals surface area contributed by atoms with Crippen molar-refractivity contribution >= 4 is 16.7 Å². The zero-order valence-corrected chi connectivity index (χ0v) is 11.6. The van der Waals surface area contributed by atoms with Crippen molar-refractivity contribution in [2.45, 2.75) is 12.8 Å². The number of terminal acetylenes is 1. The van der Waals surface area contributed by atoms with E-state index in [0.29, 0.717) is 0 Å². The van der Waals surface area contributed by atoms with Gasteiger partial charge in [0.15, 0.2) is 6.61 Å². The second-order valence-electron chi connectivity index (χ2n) is 4.51. The van der Waals surface area contributed by atoms with Crippen molar-refractivity contribution < 1.29 is 14.3 Å². The van der Waals surface area contributed by atoms with Gasteiger partial charge in [0.05, 0.1) is 13.0 Å². The molecule has 1 atom stereocenters. The van der Waals surface area contributed by atoms with Gasteiger partial charge in [0.2, 0.25) is 0 Å². The van der Waals surface area contributed by atoms with Crippen LogP contribution in [-0.4, -0.2) is 19.7 Å². The lowest BCUT2D eigenvalue weighted by molar-refractivity contribution is -0.143. The van der Waals surface area contributed by atoms with E-state index in [0.717, 1.165) is 22.1 Å². The van der Waals surface area contributed by atoms with Gasteiger partial charge in [-0.05, 0) is 35.4 Å². The molecule has 0 bridgehead atoms. The van der Waals surface area contributed by atoms with E-state index in [-0.39, 0.29) is 18.5 Å². The first-order chi connectivity index (χ1) is 9.65. The highest BCUT2D eigenvalue weighted by molar-refractivity contribution is 5.86. The van der Waals surface area contributed by atoms with Crippen LogP contribution in [0.15, 0.2) is 36.4 Å². The Morgan fingerprint density at radius 2 is 1.95 bits per heavy atom. The Hall–Kier alpha value is -2.47. The molecule has 0 saturated heterocycles. The monoisotopic (exact) mass is 268 g/mol. The maximum Gasteiger partial charge on any atom is 0.314 e. The molecule has 0 fully saturated rings. The van der Waals surface area contributed by atoms with Gasteiger partial charge in [-0.1, -0.05) is 30.2 Å². The molecule has 102 valence electrons. The number of carbonyl (C=O) groups excluding carboxylic acids is 1. The number of fused-ring (bicyclic) bond motifs is 1. The summed E-state index contributed by atoms with van der Waals surface area (Å²) in [5.74, 6) is 2.45. The van der Waals surface area contributed by atoms with Crippen LogP contribution in [0.1, 0.15) is 18.4 Å². The van der Waals surface area contributed by atoms with Gasteiger partial charge < -0.3 is 9.47 Å². The van der Waals surface area contributed by atoms with Crippen LogP contribution in [0.25, 0.3) is 10.8 Å². The summed E-state index contributed by atoms with van der Waals surface area (Å²) >= 11 is 0. The summed E-state index contributed by atoms with van der Waals surface area (Å²) in [6, 6.07) is 11.7. The van der Waals surface area contributed by atoms with Crippen molar-refractivity contribution in [1.82, 2.24) is 0 Å². The third-order valence-corrected chi connectivity index (χ3v) is 3.22. The summed E-state index contributed by atoms with van der Waals surface area (Å²) in [5, 5.41) is 2.12. The van der Waals surface area contributed by atoms with E-state index < -0.39 is 0 Å². The van der Waals surface area contributed by atoms with E-state index >= 15 is 0 Å². The van der Waals surface area contributed by atoms with Crippen LogP contribution in [0, 0.1) is 12.3 Å². The summed E-state index contributed by atoms with van der Waals surface area (Å²) < 4.78 is 10.2. The largest absolute Gasteiger partial charge is 0.497 e. The molecular formula is C17H16O3. The number of carbonyl (C=O) groups is 1. The van der Waals surface area contributed by atoms with Gasteiger partial charge in [0.1, 0.15) is 5.75 Å². The molecular weight excluding hydrogens is 252 g/mol. The number of hydrogen-bond donors (Lipinski definition) is 0. The van der Waals surface area contributed by atoms with E-state index in [1.807, 2.05) is 43.3 Å². The summed E-state index contributed by atoms with van der Waals surface area (Å²) in [7, 11) is 1.64. The van der Waals surface area contributed by atoms with E-state index in [1.54, 1.807) is 7.11 Å². The van der Waals surface area contributed by atoms with E-state index in [2.05, 4.69) is 5.92 Å². The topological polar surface area (TPSA) is 35.5 Å². The maximum absolute atomic E-state index is 11.8. The molecule has 0 aromatic heterocycles. The van der Waals surface area contributed by atoms with Gasteiger partial charge in [-0.3, -0.25) is 4.79 Å². The zero-order valence-electron chi connectivity index (χ0n) is 11.6. The Kier molecular flexibility index (Phi) is 4.27. The number of benzene rings is 2. The summed E-state index contributed by atoms with van der Waals surface area (Å²) in [6.45, 7) is 1.82. The van der Waals surface area contributed by atoms with Crippen molar-refractivity contribution in [2.24, 2.45) is 0 Å². The van der Waals surface area contributed by atoms with Crippen LogP contribution in [-0.2, 0) is 9.53 Å². The molecule has 2 rings (SSSR count). The third kappa shape index (κ3) is 2.92. The molecule has 2 aromatic rings. The fraction of sp³-hybridized carbons (Fsp3) is 0.235. The Balaban J connectivity index is 2.27. The van der Waals surface area contributed by atoms with Crippen molar-refractivity contribution in [2.75, 3.05) is 13.7 Å². The third-order valence-electron chi connectivity index (χ3n) is 3.22. The first-order valence-electron chi connectivity index (χ1n) is 6.33. The predicted octanol–water partition coefficient (Wildman–Crippen LogP) is 3.13. The molecule has 0 radical (unpaired) electrons. The molecule has 20 heavy (non-hydrogen) atoms. The molecule has 0 aliphatic carbocycles. The lowest BCUT2D eigenvalue weighted by Crippen LogP contribution is -2.13. The highest BCUT2D eigenvalue weighted by Gasteiger charge is 2.16. The number of hydrogen-bond acceptors (Lipinski definition) is 3. The van der Waals surface area contributed by atoms with Crippen molar-refractivity contribution in [3.05, 3.63) is 42.0 Å². The Morgan fingerprint density at radius 3 is 2.65 bits per heavy atom. The van der Waals surface area contributed by atoms with E-state index in [9.17, 15) is 4.79 Å². The molecule has 0 aliphatic rings. The van der Waals surface area contributed by atoms with Gasteiger partial charge in [-0.25, -0.2) is 0 Å². The van der Waals surface area contributed by atoms with Crippen molar-refractivity contribution in [3.8, 4) is 18.1 Å². The first kappa shape index (κ1) is 14.0. The average molecular weight is 268 g/mol. The van der Waals surface area contributed by atoms with Gasteiger partial charge >= 0.3 is 5.97 Å². The fourth-order valence-corrected chi connectivity index (χ4v) is 2.01. The smallest absolute Gasteiger partial charge is 0.314 e. The minimum Gasteiger partial charge on any atom is -0.497 e. The molecule has 0 N–H and O–H groups in total. The Morgan fingerprint density at radius 1 is 1.25 bits per heavy atom. The van der Waals surface area contributed by atoms with Gasteiger partial charge in [-0.2, -0.15) is 0 Å². The minimum absolute atomic E-state index is 0.00789. The molecule has 0 saturated carbocycles. The lowest BCUT2D eigenvalue weighted by Gasteiger charge is -2.11. The molecule has 3 heteroatoms. The van der Waals surface area contributed by atoms with E-state index in [1.165, 1.54) is 0 Å². The standard InChI is InChI=1S/C17H16O3/c1-4-9-20-17(18)12(2)13-5-6-15-11-16(19-3)8-7-14(15)10-13/h1,5-8,10-12H,9H2,2-3H3/t12-/m0/s1. The van der Waals surface area contributed by atoms with E-state index in [4.69, 9.17) is 15.9 Å². The van der Waals surface area contributed by atoms with Gasteiger partial charge in [0.25, 0.3) is 0 Å². The molecule has 3 nitrogen and oxygen atoms in total. The normalized spacial score (nSPS) is 11.7. The second-order valence-corrected chi connectivity index (χ2v) is 4.51. The highest BCUT2D eigenvalue weighted by atomic mass is 16.5. The molecule has 2 aromatic carbocycles. The zero-order chi connectivity index (χ0) is 14.5. The number of esters is 1. The summed E-state index contributed by atoms with van der Waals surface area (Å²) in [5.41, 5.74) is 0.907.